The number of hydrogen-bond donors (Lipinski definition) is 2. The van der Waals surface area contributed by atoms with E-state index >= 15 is 0 Å². The second kappa shape index (κ2) is 5.80. The number of ether oxygens (including phenoxy) is 1. The van der Waals surface area contributed by atoms with Gasteiger partial charge >= 0.3 is 6.09 Å². The van der Waals surface area contributed by atoms with Crippen LogP contribution in [0.5, 0.6) is 0 Å². The average molecular weight is 186 g/mol. The summed E-state index contributed by atoms with van der Waals surface area (Å²) < 4.78 is 4.93. The summed E-state index contributed by atoms with van der Waals surface area (Å²) in [6.45, 7) is 1.15. The van der Waals surface area contributed by atoms with Crippen LogP contribution in [0.2, 0.25) is 0 Å². The van der Waals surface area contributed by atoms with Gasteiger partial charge in [0.2, 0.25) is 0 Å². The van der Waals surface area contributed by atoms with Crippen molar-refractivity contribution in [2.45, 2.75) is 31.7 Å². The Bertz CT molecular complexity index is 156. The maximum absolute atomic E-state index is 11.1. The summed E-state index contributed by atoms with van der Waals surface area (Å²) in [5.41, 5.74) is 0. The number of carbonyl (C=O) groups excluding carboxylic acids is 1. The summed E-state index contributed by atoms with van der Waals surface area (Å²) in [5, 5.41) is 5.76. The molecule has 0 bridgehead atoms. The number of rotatable bonds is 4. The van der Waals surface area contributed by atoms with Gasteiger partial charge in [0, 0.05) is 12.6 Å². The third-order valence-corrected chi connectivity index (χ3v) is 2.26. The Kier molecular flexibility index (Phi) is 4.60. The number of alkyl carbamates (subject to hydrolysis) is 1. The normalized spacial score (nSPS) is 17.3. The van der Waals surface area contributed by atoms with Crippen molar-refractivity contribution in [3.8, 4) is 0 Å². The zero-order chi connectivity index (χ0) is 9.52. The molecule has 1 aliphatic carbocycles. The summed E-state index contributed by atoms with van der Waals surface area (Å²) in [5.74, 6) is 0. The topological polar surface area (TPSA) is 50.4 Å². The fraction of sp³-hybridized carbons (Fsp3) is 0.889. The molecule has 0 atom stereocenters. The van der Waals surface area contributed by atoms with Gasteiger partial charge in [-0.3, -0.25) is 0 Å². The van der Waals surface area contributed by atoms with E-state index in [2.05, 4.69) is 10.6 Å². The van der Waals surface area contributed by atoms with Crippen LogP contribution in [0, 0.1) is 0 Å². The SMILES string of the molecule is CNCCOC(=O)NC1CCCC1. The Hall–Kier alpha value is -0.770. The molecular formula is C9H18N2O2. The first-order chi connectivity index (χ1) is 6.33. The predicted octanol–water partition coefficient (Wildman–Crippen LogP) is 0.875. The van der Waals surface area contributed by atoms with Crippen molar-refractivity contribution < 1.29 is 9.53 Å². The molecule has 0 aliphatic heterocycles. The maximum atomic E-state index is 11.1. The first kappa shape index (κ1) is 10.3. The van der Waals surface area contributed by atoms with Crippen LogP contribution in [-0.4, -0.2) is 32.3 Å². The fourth-order valence-corrected chi connectivity index (χ4v) is 1.52. The molecule has 1 aliphatic rings. The largest absolute Gasteiger partial charge is 0.448 e. The minimum atomic E-state index is -0.276. The van der Waals surface area contributed by atoms with Gasteiger partial charge in [0.1, 0.15) is 6.61 Å². The van der Waals surface area contributed by atoms with Crippen molar-refractivity contribution in [3.05, 3.63) is 0 Å². The Morgan fingerprint density at radius 3 is 2.77 bits per heavy atom. The molecule has 1 fully saturated rings. The monoisotopic (exact) mass is 186 g/mol. The average Bonchev–Trinajstić information content (AvgIpc) is 2.57. The van der Waals surface area contributed by atoms with Gasteiger partial charge in [0.15, 0.2) is 0 Å². The third-order valence-electron chi connectivity index (χ3n) is 2.26. The van der Waals surface area contributed by atoms with Gasteiger partial charge in [-0.1, -0.05) is 12.8 Å². The molecule has 2 N–H and O–H groups in total. The van der Waals surface area contributed by atoms with E-state index in [1.807, 2.05) is 7.05 Å². The lowest BCUT2D eigenvalue weighted by molar-refractivity contribution is 0.143. The van der Waals surface area contributed by atoms with Gasteiger partial charge < -0.3 is 15.4 Å². The number of nitrogens with one attached hydrogen (secondary N) is 2. The molecule has 4 heteroatoms. The van der Waals surface area contributed by atoms with Crippen molar-refractivity contribution >= 4 is 6.09 Å². The lowest BCUT2D eigenvalue weighted by atomic mass is 10.3. The van der Waals surface area contributed by atoms with E-state index in [0.717, 1.165) is 12.8 Å². The summed E-state index contributed by atoms with van der Waals surface area (Å²) in [6.07, 6.45) is 4.37. The van der Waals surface area contributed by atoms with Gasteiger partial charge in [-0.2, -0.15) is 0 Å². The lowest BCUT2D eigenvalue weighted by Crippen LogP contribution is -2.34. The Morgan fingerprint density at radius 1 is 1.46 bits per heavy atom. The van der Waals surface area contributed by atoms with Gasteiger partial charge in [0.05, 0.1) is 0 Å². The van der Waals surface area contributed by atoms with Crippen LogP contribution < -0.4 is 10.6 Å². The van der Waals surface area contributed by atoms with E-state index in [4.69, 9.17) is 4.74 Å². The fourth-order valence-electron chi connectivity index (χ4n) is 1.52. The first-order valence-electron chi connectivity index (χ1n) is 4.91. The second-order valence-corrected chi connectivity index (χ2v) is 3.37. The van der Waals surface area contributed by atoms with E-state index in [-0.39, 0.29) is 6.09 Å². The highest BCUT2D eigenvalue weighted by Crippen LogP contribution is 2.17. The number of amides is 1. The molecule has 0 aromatic heterocycles. The quantitative estimate of drug-likeness (QED) is 0.641. The van der Waals surface area contributed by atoms with Gasteiger partial charge in [-0.15, -0.1) is 0 Å². The van der Waals surface area contributed by atoms with Crippen LogP contribution in [0.4, 0.5) is 4.79 Å². The molecular weight excluding hydrogens is 168 g/mol. The summed E-state index contributed by atoms with van der Waals surface area (Å²) in [4.78, 5) is 11.1. The summed E-state index contributed by atoms with van der Waals surface area (Å²) in [6, 6.07) is 0.349. The number of hydrogen-bond acceptors (Lipinski definition) is 3. The summed E-state index contributed by atoms with van der Waals surface area (Å²) in [7, 11) is 1.83. The zero-order valence-electron chi connectivity index (χ0n) is 8.14. The second-order valence-electron chi connectivity index (χ2n) is 3.37. The Balaban J connectivity index is 2.02. The molecule has 0 heterocycles. The van der Waals surface area contributed by atoms with Crippen molar-refractivity contribution in [2.75, 3.05) is 20.2 Å². The maximum Gasteiger partial charge on any atom is 0.407 e. The van der Waals surface area contributed by atoms with Crippen LogP contribution in [0.1, 0.15) is 25.7 Å². The molecule has 0 spiro atoms. The number of likely N-dealkylation sites (N-methyl/N-ethyl adjacent to an activating group) is 1. The van der Waals surface area contributed by atoms with Crippen molar-refractivity contribution in [2.24, 2.45) is 0 Å². The molecule has 0 aromatic carbocycles. The van der Waals surface area contributed by atoms with Gasteiger partial charge in [0.25, 0.3) is 0 Å². The van der Waals surface area contributed by atoms with E-state index in [0.29, 0.717) is 19.2 Å². The van der Waals surface area contributed by atoms with Gasteiger partial charge in [-0.25, -0.2) is 4.79 Å². The zero-order valence-corrected chi connectivity index (χ0v) is 8.14. The van der Waals surface area contributed by atoms with E-state index in [1.54, 1.807) is 0 Å². The van der Waals surface area contributed by atoms with Crippen LogP contribution in [0.15, 0.2) is 0 Å². The van der Waals surface area contributed by atoms with Crippen LogP contribution >= 0.6 is 0 Å². The molecule has 1 amide bonds. The van der Waals surface area contributed by atoms with Crippen LogP contribution in [-0.2, 0) is 4.74 Å². The van der Waals surface area contributed by atoms with Crippen LogP contribution in [0.3, 0.4) is 0 Å². The minimum absolute atomic E-state index is 0.276. The Labute approximate surface area is 79.0 Å². The predicted molar refractivity (Wildman–Crippen MR) is 50.7 cm³/mol. The highest BCUT2D eigenvalue weighted by molar-refractivity contribution is 5.67. The molecule has 1 rings (SSSR count). The molecule has 1 saturated carbocycles. The van der Waals surface area contributed by atoms with Gasteiger partial charge in [-0.05, 0) is 19.9 Å². The van der Waals surface area contributed by atoms with Crippen LogP contribution in [0.25, 0.3) is 0 Å². The third kappa shape index (κ3) is 4.12. The summed E-state index contributed by atoms with van der Waals surface area (Å²) >= 11 is 0. The lowest BCUT2D eigenvalue weighted by Gasteiger charge is -2.11. The standard InChI is InChI=1S/C9H18N2O2/c1-10-6-7-13-9(12)11-8-4-2-3-5-8/h8,10H,2-7H2,1H3,(H,11,12). The molecule has 0 aromatic rings. The molecule has 4 nitrogen and oxygen atoms in total. The van der Waals surface area contributed by atoms with E-state index < -0.39 is 0 Å². The molecule has 0 radical (unpaired) electrons. The highest BCUT2D eigenvalue weighted by atomic mass is 16.5. The van der Waals surface area contributed by atoms with Crippen molar-refractivity contribution in [3.63, 3.8) is 0 Å². The molecule has 0 saturated heterocycles. The van der Waals surface area contributed by atoms with E-state index in [9.17, 15) is 4.79 Å². The molecule has 0 unspecified atom stereocenters. The number of carbonyl (C=O) groups is 1. The van der Waals surface area contributed by atoms with E-state index in [1.165, 1.54) is 12.8 Å². The molecule has 76 valence electrons. The smallest absolute Gasteiger partial charge is 0.407 e. The first-order valence-corrected chi connectivity index (χ1v) is 4.91. The van der Waals surface area contributed by atoms with Crippen molar-refractivity contribution in [1.29, 1.82) is 0 Å². The Morgan fingerprint density at radius 2 is 2.15 bits per heavy atom. The molecule has 13 heavy (non-hydrogen) atoms. The van der Waals surface area contributed by atoms with Crippen molar-refractivity contribution in [1.82, 2.24) is 10.6 Å². The highest BCUT2D eigenvalue weighted by Gasteiger charge is 2.17. The minimum Gasteiger partial charge on any atom is -0.448 e.